The summed E-state index contributed by atoms with van der Waals surface area (Å²) in [6.45, 7) is 1.97. The molecule has 0 fully saturated rings. The number of carbonyl (C=O) groups excluding carboxylic acids is 1. The van der Waals surface area contributed by atoms with E-state index in [9.17, 15) is 18.0 Å². The highest BCUT2D eigenvalue weighted by Gasteiger charge is 2.42. The van der Waals surface area contributed by atoms with Gasteiger partial charge in [0.05, 0.1) is 12.5 Å². The summed E-state index contributed by atoms with van der Waals surface area (Å²) < 4.78 is 40.6. The number of alkyl halides is 3. The molecule has 1 aromatic heterocycles. The van der Waals surface area contributed by atoms with Crippen molar-refractivity contribution in [2.24, 2.45) is 5.92 Å². The fourth-order valence-electron chi connectivity index (χ4n) is 4.34. The summed E-state index contributed by atoms with van der Waals surface area (Å²) in [5.74, 6) is -0.620. The lowest BCUT2D eigenvalue weighted by Gasteiger charge is -2.39. The summed E-state index contributed by atoms with van der Waals surface area (Å²) in [6.07, 6.45) is -2.32. The summed E-state index contributed by atoms with van der Waals surface area (Å²) in [5, 5.41) is 12.5. The molecule has 3 N–H and O–H groups in total. The van der Waals surface area contributed by atoms with Crippen LogP contribution in [-0.4, -0.2) is 53.2 Å². The minimum absolute atomic E-state index is 0.153. The molecule has 0 saturated carbocycles. The first kappa shape index (κ1) is 19.0. The molecule has 1 aliphatic carbocycles. The number of hydrogen-bond acceptors (Lipinski definition) is 3. The number of amides is 1. The number of hydrogen-bond donors (Lipinski definition) is 3. The molecule has 3 unspecified atom stereocenters. The second-order valence-electron chi connectivity index (χ2n) is 7.68. The van der Waals surface area contributed by atoms with Crippen LogP contribution in [0.25, 0.3) is 16.5 Å². The van der Waals surface area contributed by atoms with Gasteiger partial charge in [0.15, 0.2) is 0 Å². The van der Waals surface area contributed by atoms with Crippen molar-refractivity contribution in [3.63, 3.8) is 0 Å². The highest BCUT2D eigenvalue weighted by atomic mass is 19.4. The van der Waals surface area contributed by atoms with Crippen molar-refractivity contribution in [2.75, 3.05) is 20.2 Å². The number of fused-ring (bicyclic) bond motifs is 2. The molecule has 1 aromatic carbocycles. The maximum absolute atomic E-state index is 13.5. The molecule has 5 nitrogen and oxygen atoms in total. The first-order chi connectivity index (χ1) is 13.2. The predicted octanol–water partition coefficient (Wildman–Crippen LogP) is 2.55. The van der Waals surface area contributed by atoms with Crippen molar-refractivity contribution >= 4 is 22.4 Å². The van der Waals surface area contributed by atoms with Crippen molar-refractivity contribution in [3.05, 3.63) is 41.1 Å². The van der Waals surface area contributed by atoms with E-state index in [1.54, 1.807) is 19.1 Å². The van der Waals surface area contributed by atoms with Gasteiger partial charge >= 0.3 is 6.18 Å². The van der Waals surface area contributed by atoms with Crippen molar-refractivity contribution in [1.29, 1.82) is 0 Å². The largest absolute Gasteiger partial charge is 0.431 e. The summed E-state index contributed by atoms with van der Waals surface area (Å²) in [6, 6.07) is 4.64. The van der Waals surface area contributed by atoms with Crippen LogP contribution in [-0.2, 0) is 17.4 Å². The molecule has 2 aromatic rings. The topological polar surface area (TPSA) is 68.4 Å². The van der Waals surface area contributed by atoms with E-state index in [0.29, 0.717) is 23.0 Å². The number of H-pyrrole nitrogens is 1. The lowest BCUT2D eigenvalue weighted by molar-refractivity contribution is -0.141. The normalized spacial score (nSPS) is 23.3. The summed E-state index contributed by atoms with van der Waals surface area (Å²) >= 11 is 0. The zero-order valence-corrected chi connectivity index (χ0v) is 15.6. The van der Waals surface area contributed by atoms with Gasteiger partial charge in [-0.2, -0.15) is 13.2 Å². The number of likely N-dealkylation sites (N-methyl/N-ethyl adjacent to an activating group) is 1. The average Bonchev–Trinajstić information content (AvgIpc) is 3.02. The third-order valence-corrected chi connectivity index (χ3v) is 5.68. The second-order valence-corrected chi connectivity index (χ2v) is 7.68. The van der Waals surface area contributed by atoms with Gasteiger partial charge in [-0.15, -0.1) is 0 Å². The number of halogens is 3. The molecule has 1 aliphatic heterocycles. The van der Waals surface area contributed by atoms with E-state index in [1.165, 1.54) is 0 Å². The molecule has 8 heteroatoms. The smallest absolute Gasteiger partial charge is 0.394 e. The molecule has 2 heterocycles. The van der Waals surface area contributed by atoms with Crippen molar-refractivity contribution < 1.29 is 23.1 Å². The average molecular weight is 393 g/mol. The maximum atomic E-state index is 13.5. The Morgan fingerprint density at radius 2 is 2.18 bits per heavy atom. The van der Waals surface area contributed by atoms with Crippen LogP contribution in [0, 0.1) is 5.92 Å². The van der Waals surface area contributed by atoms with Crippen LogP contribution in [0.3, 0.4) is 0 Å². The number of carbonyl (C=O) groups is 1. The molecular weight excluding hydrogens is 371 g/mol. The van der Waals surface area contributed by atoms with Gasteiger partial charge in [0, 0.05) is 29.5 Å². The van der Waals surface area contributed by atoms with Crippen molar-refractivity contribution in [3.8, 4) is 0 Å². The van der Waals surface area contributed by atoms with Crippen LogP contribution >= 0.6 is 0 Å². The van der Waals surface area contributed by atoms with Gasteiger partial charge in [0.25, 0.3) is 0 Å². The number of aliphatic hydroxyl groups is 1. The maximum Gasteiger partial charge on any atom is 0.431 e. The Labute approximate surface area is 160 Å². The number of rotatable bonds is 3. The van der Waals surface area contributed by atoms with Crippen LogP contribution in [0.1, 0.15) is 23.7 Å². The zero-order chi connectivity index (χ0) is 20.2. The van der Waals surface area contributed by atoms with Crippen LogP contribution in [0.2, 0.25) is 0 Å². The molecule has 0 saturated heterocycles. The monoisotopic (exact) mass is 393 g/mol. The molecule has 3 atom stereocenters. The molecule has 2 aliphatic rings. The minimum atomic E-state index is -4.44. The highest BCUT2D eigenvalue weighted by Crippen LogP contribution is 2.45. The van der Waals surface area contributed by atoms with Crippen LogP contribution in [0.5, 0.6) is 0 Å². The number of aromatic amines is 1. The number of benzene rings is 1. The van der Waals surface area contributed by atoms with Crippen LogP contribution in [0.15, 0.2) is 24.3 Å². The van der Waals surface area contributed by atoms with Crippen molar-refractivity contribution in [2.45, 2.75) is 31.6 Å². The second kappa shape index (κ2) is 6.63. The molecule has 1 amide bonds. The van der Waals surface area contributed by atoms with Gasteiger partial charge in [-0.05, 0) is 43.2 Å². The first-order valence-electron chi connectivity index (χ1n) is 9.25. The number of aromatic nitrogens is 1. The van der Waals surface area contributed by atoms with Crippen molar-refractivity contribution in [1.82, 2.24) is 15.2 Å². The SMILES string of the molecule is CC(CO)NC(=O)C1C=C2c3cccc4[nH]c(C(F)(F)F)c(c34)CC2N(C)C1. The lowest BCUT2D eigenvalue weighted by atomic mass is 9.79. The van der Waals surface area contributed by atoms with Gasteiger partial charge in [0.2, 0.25) is 5.91 Å². The standard InChI is InChI=1S/C20H22F3N3O2/c1-10(9-27)24-19(28)11-6-13-12-4-3-5-15-17(12)14(7-16(13)26(2)8-11)18(25-15)20(21,22)23/h3-6,10-11,16,25,27H,7-9H2,1-2H3,(H,24,28). The molecule has 0 radical (unpaired) electrons. The fourth-order valence-corrected chi connectivity index (χ4v) is 4.34. The Morgan fingerprint density at radius 3 is 2.86 bits per heavy atom. The van der Waals surface area contributed by atoms with Gasteiger partial charge in [-0.1, -0.05) is 18.2 Å². The van der Waals surface area contributed by atoms with Gasteiger partial charge in [0.1, 0.15) is 5.69 Å². The predicted molar refractivity (Wildman–Crippen MR) is 99.6 cm³/mol. The Morgan fingerprint density at radius 1 is 1.43 bits per heavy atom. The molecule has 28 heavy (non-hydrogen) atoms. The lowest BCUT2D eigenvalue weighted by Crippen LogP contribution is -2.48. The van der Waals surface area contributed by atoms with E-state index < -0.39 is 17.8 Å². The summed E-state index contributed by atoms with van der Waals surface area (Å²) in [4.78, 5) is 17.1. The number of nitrogens with one attached hydrogen (secondary N) is 2. The molecule has 0 bridgehead atoms. The quantitative estimate of drug-likeness (QED) is 0.751. The van der Waals surface area contributed by atoms with E-state index in [-0.39, 0.29) is 31.0 Å². The number of aliphatic hydroxyl groups excluding tert-OH is 1. The van der Waals surface area contributed by atoms with Crippen LogP contribution < -0.4 is 5.32 Å². The molecule has 4 rings (SSSR count). The Kier molecular flexibility index (Phi) is 4.50. The van der Waals surface area contributed by atoms with E-state index in [4.69, 9.17) is 5.11 Å². The van der Waals surface area contributed by atoms with E-state index in [0.717, 1.165) is 11.1 Å². The minimum Gasteiger partial charge on any atom is -0.394 e. The van der Waals surface area contributed by atoms with Gasteiger partial charge in [-0.3, -0.25) is 9.69 Å². The summed E-state index contributed by atoms with van der Waals surface area (Å²) in [7, 11) is 1.83. The van der Waals surface area contributed by atoms with Gasteiger partial charge < -0.3 is 15.4 Å². The van der Waals surface area contributed by atoms with Gasteiger partial charge in [-0.25, -0.2) is 0 Å². The third kappa shape index (κ3) is 3.00. The Balaban J connectivity index is 1.82. The van der Waals surface area contributed by atoms with Crippen LogP contribution in [0.4, 0.5) is 13.2 Å². The van der Waals surface area contributed by atoms with E-state index >= 15 is 0 Å². The number of nitrogens with zero attached hydrogens (tertiary/aromatic N) is 1. The molecule has 0 spiro atoms. The fraction of sp³-hybridized carbons (Fsp3) is 0.450. The summed E-state index contributed by atoms with van der Waals surface area (Å²) in [5.41, 5.74) is 1.71. The third-order valence-electron chi connectivity index (χ3n) is 5.68. The zero-order valence-electron chi connectivity index (χ0n) is 15.6. The highest BCUT2D eigenvalue weighted by molar-refractivity contribution is 6.00. The molecular formula is C20H22F3N3O2. The first-order valence-corrected chi connectivity index (χ1v) is 9.25. The molecule has 150 valence electrons. The van der Waals surface area contributed by atoms with E-state index in [1.807, 2.05) is 24.1 Å². The Hall–Kier alpha value is -2.32. The Bertz CT molecular complexity index is 963. The van der Waals surface area contributed by atoms with E-state index in [2.05, 4.69) is 10.3 Å².